The highest BCUT2D eigenvalue weighted by Crippen LogP contribution is 2.22. The van der Waals surface area contributed by atoms with Crippen molar-refractivity contribution in [2.24, 2.45) is 0 Å². The summed E-state index contributed by atoms with van der Waals surface area (Å²) in [7, 11) is 0. The van der Waals surface area contributed by atoms with Crippen molar-refractivity contribution in [3.8, 4) is 0 Å². The molecule has 0 aromatic carbocycles. The number of aryl methyl sites for hydroxylation is 1. The lowest BCUT2D eigenvalue weighted by Gasteiger charge is -2.35. The van der Waals surface area contributed by atoms with Gasteiger partial charge in [0, 0.05) is 19.0 Å². The highest BCUT2D eigenvalue weighted by molar-refractivity contribution is 5.95. The molecule has 0 spiro atoms. The second-order valence-corrected chi connectivity index (χ2v) is 5.55. The molecule has 5 nitrogen and oxygen atoms in total. The van der Waals surface area contributed by atoms with Crippen LogP contribution in [-0.2, 0) is 0 Å². The van der Waals surface area contributed by atoms with E-state index in [4.69, 9.17) is 4.42 Å². The van der Waals surface area contributed by atoms with E-state index < -0.39 is 11.7 Å². The van der Waals surface area contributed by atoms with Crippen molar-refractivity contribution in [1.29, 1.82) is 0 Å². The lowest BCUT2D eigenvalue weighted by atomic mass is 10.00. The van der Waals surface area contributed by atoms with Gasteiger partial charge in [0.1, 0.15) is 11.3 Å². The number of aliphatic hydroxyl groups excluding tert-OH is 1. The van der Waals surface area contributed by atoms with Crippen molar-refractivity contribution in [2.75, 3.05) is 13.1 Å². The number of hydrogen-bond donors (Lipinski definition) is 1. The predicted molar refractivity (Wildman–Crippen MR) is 74.9 cm³/mol. The summed E-state index contributed by atoms with van der Waals surface area (Å²) >= 11 is 0. The fraction of sp³-hybridized carbons (Fsp3) is 0.600. The second kappa shape index (κ2) is 5.79. The minimum absolute atomic E-state index is 0.0874. The smallest absolute Gasteiger partial charge is 0.349 e. The fourth-order valence-electron chi connectivity index (χ4n) is 2.49. The van der Waals surface area contributed by atoms with Crippen LogP contribution in [0, 0.1) is 6.92 Å². The molecule has 0 saturated carbocycles. The third-order valence-electron chi connectivity index (χ3n) is 3.74. The number of amides is 1. The highest BCUT2D eigenvalue weighted by Gasteiger charge is 2.32. The maximum absolute atomic E-state index is 12.2. The van der Waals surface area contributed by atoms with Gasteiger partial charge in [-0.1, -0.05) is 20.3 Å². The third kappa shape index (κ3) is 2.77. The number of nitrogens with zero attached hydrogens (tertiary/aromatic N) is 1. The Kier molecular flexibility index (Phi) is 4.28. The lowest BCUT2D eigenvalue weighted by molar-refractivity contribution is 0.00551. The number of aliphatic hydroxyl groups is 1. The van der Waals surface area contributed by atoms with Gasteiger partial charge in [-0.15, -0.1) is 0 Å². The predicted octanol–water partition coefficient (Wildman–Crippen LogP) is 1.67. The van der Waals surface area contributed by atoms with Crippen molar-refractivity contribution in [2.45, 2.75) is 45.6 Å². The number of hydrogen-bond acceptors (Lipinski definition) is 4. The Labute approximate surface area is 118 Å². The van der Waals surface area contributed by atoms with Gasteiger partial charge in [0.25, 0.3) is 5.91 Å². The van der Waals surface area contributed by atoms with Crippen LogP contribution in [0.5, 0.6) is 0 Å². The van der Waals surface area contributed by atoms with Gasteiger partial charge in [-0.2, -0.15) is 0 Å². The first kappa shape index (κ1) is 14.8. The SMILES string of the molecule is CCCC(C)c1cc(C)c(C(=O)N2CC(O)C2)c(=O)o1. The van der Waals surface area contributed by atoms with E-state index in [0.29, 0.717) is 11.3 Å². The fourth-order valence-corrected chi connectivity index (χ4v) is 2.49. The van der Waals surface area contributed by atoms with Crippen LogP contribution in [0.15, 0.2) is 15.3 Å². The van der Waals surface area contributed by atoms with Gasteiger partial charge in [-0.3, -0.25) is 4.79 Å². The van der Waals surface area contributed by atoms with E-state index in [-0.39, 0.29) is 30.5 Å². The van der Waals surface area contributed by atoms with Crippen molar-refractivity contribution in [1.82, 2.24) is 4.90 Å². The molecule has 1 N–H and O–H groups in total. The Balaban J connectivity index is 2.27. The first-order valence-electron chi connectivity index (χ1n) is 7.06. The molecule has 110 valence electrons. The van der Waals surface area contributed by atoms with Crippen molar-refractivity contribution >= 4 is 5.91 Å². The van der Waals surface area contributed by atoms with Gasteiger partial charge in [-0.25, -0.2) is 4.79 Å². The molecule has 1 aliphatic rings. The van der Waals surface area contributed by atoms with Crippen LogP contribution in [0.4, 0.5) is 0 Å². The molecule has 1 aliphatic heterocycles. The van der Waals surface area contributed by atoms with Crippen LogP contribution in [0.25, 0.3) is 0 Å². The van der Waals surface area contributed by atoms with E-state index in [0.717, 1.165) is 12.8 Å². The summed E-state index contributed by atoms with van der Waals surface area (Å²) in [5, 5.41) is 9.23. The monoisotopic (exact) mass is 279 g/mol. The molecule has 1 aromatic rings. The Hall–Kier alpha value is -1.62. The van der Waals surface area contributed by atoms with E-state index in [1.165, 1.54) is 4.90 Å². The number of carbonyl (C=O) groups is 1. The highest BCUT2D eigenvalue weighted by atomic mass is 16.4. The molecule has 0 aliphatic carbocycles. The molecule has 2 rings (SSSR count). The van der Waals surface area contributed by atoms with Gasteiger partial charge in [0.05, 0.1) is 6.10 Å². The number of carbonyl (C=O) groups excluding carboxylic acids is 1. The molecule has 0 bridgehead atoms. The summed E-state index contributed by atoms with van der Waals surface area (Å²) in [4.78, 5) is 25.7. The normalized spacial score (nSPS) is 16.9. The maximum Gasteiger partial charge on any atom is 0.349 e. The van der Waals surface area contributed by atoms with E-state index in [1.807, 2.05) is 6.92 Å². The van der Waals surface area contributed by atoms with E-state index in [9.17, 15) is 14.7 Å². The lowest BCUT2D eigenvalue weighted by Crippen LogP contribution is -2.54. The molecular formula is C15H21NO4. The first-order valence-corrected chi connectivity index (χ1v) is 7.06. The summed E-state index contributed by atoms with van der Waals surface area (Å²) in [6, 6.07) is 1.78. The third-order valence-corrected chi connectivity index (χ3v) is 3.74. The maximum atomic E-state index is 12.2. The molecule has 5 heteroatoms. The zero-order chi connectivity index (χ0) is 14.9. The Morgan fingerprint density at radius 2 is 2.20 bits per heavy atom. The number of β-amino-alcohol motifs (C(OH)–C–C–N with tert-alkyl or cyclic N) is 1. The van der Waals surface area contributed by atoms with Crippen LogP contribution >= 0.6 is 0 Å². The Bertz CT molecular complexity index is 557. The van der Waals surface area contributed by atoms with E-state index >= 15 is 0 Å². The molecule has 1 fully saturated rings. The molecule has 1 unspecified atom stereocenters. The molecule has 1 saturated heterocycles. The van der Waals surface area contributed by atoms with Gasteiger partial charge >= 0.3 is 5.63 Å². The van der Waals surface area contributed by atoms with Crippen molar-refractivity contribution in [3.63, 3.8) is 0 Å². The van der Waals surface area contributed by atoms with Crippen LogP contribution in [0.3, 0.4) is 0 Å². The van der Waals surface area contributed by atoms with Gasteiger partial charge in [0.2, 0.25) is 0 Å². The van der Waals surface area contributed by atoms with Crippen molar-refractivity contribution in [3.05, 3.63) is 33.4 Å². The standard InChI is InChI=1S/C15H21NO4/c1-4-5-9(2)12-6-10(3)13(15(19)20-12)14(18)16-7-11(17)8-16/h6,9,11,17H,4-5,7-8H2,1-3H3. The summed E-state index contributed by atoms with van der Waals surface area (Å²) in [5.74, 6) is 0.451. The summed E-state index contributed by atoms with van der Waals surface area (Å²) in [5.41, 5.74) is 0.157. The Morgan fingerprint density at radius 3 is 2.70 bits per heavy atom. The number of likely N-dealkylation sites (tertiary alicyclic amines) is 1. The first-order chi connectivity index (χ1) is 9.43. The van der Waals surface area contributed by atoms with Crippen LogP contribution in [-0.4, -0.2) is 35.1 Å². The zero-order valence-electron chi connectivity index (χ0n) is 12.2. The van der Waals surface area contributed by atoms with Gasteiger partial charge < -0.3 is 14.4 Å². The number of rotatable bonds is 4. The van der Waals surface area contributed by atoms with E-state index in [2.05, 4.69) is 6.92 Å². The second-order valence-electron chi connectivity index (χ2n) is 5.55. The van der Waals surface area contributed by atoms with Gasteiger partial charge in [0.15, 0.2) is 0 Å². The molecular weight excluding hydrogens is 258 g/mol. The average Bonchev–Trinajstić information content (AvgIpc) is 2.34. The summed E-state index contributed by atoms with van der Waals surface area (Å²) in [6.07, 6.45) is 1.47. The van der Waals surface area contributed by atoms with Crippen LogP contribution in [0.1, 0.15) is 54.3 Å². The quantitative estimate of drug-likeness (QED) is 0.910. The zero-order valence-corrected chi connectivity index (χ0v) is 12.2. The van der Waals surface area contributed by atoms with E-state index in [1.54, 1.807) is 13.0 Å². The van der Waals surface area contributed by atoms with Crippen molar-refractivity contribution < 1.29 is 14.3 Å². The molecule has 20 heavy (non-hydrogen) atoms. The average molecular weight is 279 g/mol. The minimum Gasteiger partial charge on any atom is -0.427 e. The van der Waals surface area contributed by atoms with Gasteiger partial charge in [-0.05, 0) is 25.0 Å². The molecule has 2 heterocycles. The Morgan fingerprint density at radius 1 is 1.55 bits per heavy atom. The largest absolute Gasteiger partial charge is 0.427 e. The van der Waals surface area contributed by atoms with Crippen LogP contribution in [0.2, 0.25) is 0 Å². The molecule has 0 radical (unpaired) electrons. The van der Waals surface area contributed by atoms with Crippen LogP contribution < -0.4 is 5.63 Å². The molecule has 1 amide bonds. The topological polar surface area (TPSA) is 70.8 Å². The molecule has 1 aromatic heterocycles. The summed E-state index contributed by atoms with van der Waals surface area (Å²) in [6.45, 7) is 6.41. The molecule has 1 atom stereocenters. The minimum atomic E-state index is -0.575. The summed E-state index contributed by atoms with van der Waals surface area (Å²) < 4.78 is 5.30.